The predicted octanol–water partition coefficient (Wildman–Crippen LogP) is 3.54. The highest BCUT2D eigenvalue weighted by Crippen LogP contribution is 2.23. The monoisotopic (exact) mass is 302 g/mol. The van der Waals surface area contributed by atoms with E-state index in [0.717, 1.165) is 12.1 Å². The van der Waals surface area contributed by atoms with E-state index in [1.165, 1.54) is 18.2 Å². The number of nitro groups is 1. The first kappa shape index (κ1) is 14.7. The summed E-state index contributed by atoms with van der Waals surface area (Å²) in [5, 5.41) is 13.2. The Bertz CT molecular complexity index is 645. The number of alkyl halides is 2. The SMILES string of the molecule is O=[N+]([O-])c1ccc(CNc2ccc(OC(F)F)c(F)c2)o1. The molecule has 0 fully saturated rings. The Morgan fingerprint density at radius 1 is 1.33 bits per heavy atom. The van der Waals surface area contributed by atoms with Gasteiger partial charge in [-0.1, -0.05) is 0 Å². The standard InChI is InChI=1S/C12H9F3N2O4/c13-9-5-7(1-3-10(9)21-12(14)15)16-6-8-2-4-11(20-8)17(18)19/h1-5,12,16H,6H2. The molecule has 0 saturated carbocycles. The molecular weight excluding hydrogens is 293 g/mol. The fraction of sp³-hybridized carbons (Fsp3) is 0.167. The molecule has 0 amide bonds. The molecule has 112 valence electrons. The molecule has 1 N–H and O–H groups in total. The Hall–Kier alpha value is -2.71. The van der Waals surface area contributed by atoms with Crippen LogP contribution in [0.15, 0.2) is 34.7 Å². The molecule has 21 heavy (non-hydrogen) atoms. The van der Waals surface area contributed by atoms with E-state index in [0.29, 0.717) is 0 Å². The van der Waals surface area contributed by atoms with Crippen LogP contribution in [-0.4, -0.2) is 11.5 Å². The van der Waals surface area contributed by atoms with Gasteiger partial charge in [0.1, 0.15) is 10.7 Å². The number of hydrogen-bond donors (Lipinski definition) is 1. The lowest BCUT2D eigenvalue weighted by Gasteiger charge is -2.08. The maximum Gasteiger partial charge on any atom is 0.433 e. The molecule has 0 aliphatic heterocycles. The maximum atomic E-state index is 13.4. The van der Waals surface area contributed by atoms with Gasteiger partial charge in [0.05, 0.1) is 12.6 Å². The lowest BCUT2D eigenvalue weighted by molar-refractivity contribution is -0.402. The first-order chi connectivity index (χ1) is 9.95. The van der Waals surface area contributed by atoms with Crippen molar-refractivity contribution in [2.75, 3.05) is 5.32 Å². The lowest BCUT2D eigenvalue weighted by atomic mass is 10.3. The van der Waals surface area contributed by atoms with Crippen molar-refractivity contribution in [3.63, 3.8) is 0 Å². The molecule has 0 saturated heterocycles. The van der Waals surface area contributed by atoms with Crippen molar-refractivity contribution in [3.8, 4) is 5.75 Å². The minimum absolute atomic E-state index is 0.0718. The zero-order valence-corrected chi connectivity index (χ0v) is 10.4. The van der Waals surface area contributed by atoms with Crippen LogP contribution in [0.2, 0.25) is 0 Å². The quantitative estimate of drug-likeness (QED) is 0.652. The fourth-order valence-corrected chi connectivity index (χ4v) is 1.55. The predicted molar refractivity (Wildman–Crippen MR) is 65.7 cm³/mol. The van der Waals surface area contributed by atoms with Gasteiger partial charge in [0, 0.05) is 11.8 Å². The highest BCUT2D eigenvalue weighted by molar-refractivity contribution is 5.47. The molecule has 9 heteroatoms. The van der Waals surface area contributed by atoms with Crippen molar-refractivity contribution < 1.29 is 27.2 Å². The van der Waals surface area contributed by atoms with Gasteiger partial charge in [-0.05, 0) is 18.2 Å². The lowest BCUT2D eigenvalue weighted by Crippen LogP contribution is -2.04. The minimum atomic E-state index is -3.11. The summed E-state index contributed by atoms with van der Waals surface area (Å²) in [5.41, 5.74) is 0.285. The van der Waals surface area contributed by atoms with E-state index in [1.807, 2.05) is 0 Å². The van der Waals surface area contributed by atoms with Crippen molar-refractivity contribution in [3.05, 3.63) is 52.0 Å². The molecule has 2 aromatic rings. The van der Waals surface area contributed by atoms with Gasteiger partial charge in [-0.3, -0.25) is 10.1 Å². The van der Waals surface area contributed by atoms with Gasteiger partial charge in [0.25, 0.3) is 0 Å². The number of rotatable bonds is 6. The molecule has 6 nitrogen and oxygen atoms in total. The van der Waals surface area contributed by atoms with Crippen LogP contribution in [0.4, 0.5) is 24.7 Å². The third kappa shape index (κ3) is 3.88. The molecule has 0 radical (unpaired) electrons. The largest absolute Gasteiger partial charge is 0.433 e. The zero-order chi connectivity index (χ0) is 15.4. The molecule has 1 heterocycles. The van der Waals surface area contributed by atoms with E-state index in [-0.39, 0.29) is 18.0 Å². The molecule has 0 aliphatic carbocycles. The van der Waals surface area contributed by atoms with Gasteiger partial charge in [-0.15, -0.1) is 0 Å². The van der Waals surface area contributed by atoms with Crippen molar-refractivity contribution in [2.45, 2.75) is 13.2 Å². The fourth-order valence-electron chi connectivity index (χ4n) is 1.55. The molecular formula is C12H9F3N2O4. The van der Waals surface area contributed by atoms with E-state index in [1.54, 1.807) is 0 Å². The number of anilines is 1. The second-order valence-electron chi connectivity index (χ2n) is 3.87. The van der Waals surface area contributed by atoms with Crippen LogP contribution in [0, 0.1) is 15.9 Å². The van der Waals surface area contributed by atoms with Crippen molar-refractivity contribution >= 4 is 11.6 Å². The normalized spacial score (nSPS) is 10.7. The summed E-state index contributed by atoms with van der Waals surface area (Å²) in [6, 6.07) is 5.94. The van der Waals surface area contributed by atoms with Gasteiger partial charge < -0.3 is 14.5 Å². The van der Waals surface area contributed by atoms with Crippen molar-refractivity contribution in [2.24, 2.45) is 0 Å². The molecule has 1 aromatic heterocycles. The van der Waals surface area contributed by atoms with E-state index in [9.17, 15) is 23.3 Å². The second-order valence-corrected chi connectivity index (χ2v) is 3.87. The minimum Gasteiger partial charge on any atom is -0.432 e. The molecule has 1 aromatic carbocycles. The summed E-state index contributed by atoms with van der Waals surface area (Å²) in [5.74, 6) is -1.65. The Morgan fingerprint density at radius 2 is 2.10 bits per heavy atom. The number of hydrogen-bond acceptors (Lipinski definition) is 5. The maximum absolute atomic E-state index is 13.4. The average Bonchev–Trinajstić information content (AvgIpc) is 2.88. The van der Waals surface area contributed by atoms with Gasteiger partial charge >= 0.3 is 12.5 Å². The van der Waals surface area contributed by atoms with Gasteiger partial charge in [0.2, 0.25) is 0 Å². The molecule has 0 aliphatic rings. The first-order valence-corrected chi connectivity index (χ1v) is 5.67. The van der Waals surface area contributed by atoms with Crippen LogP contribution in [0.3, 0.4) is 0 Å². The second kappa shape index (κ2) is 6.16. The zero-order valence-electron chi connectivity index (χ0n) is 10.4. The van der Waals surface area contributed by atoms with Gasteiger partial charge in [-0.2, -0.15) is 8.78 Å². The van der Waals surface area contributed by atoms with E-state index in [2.05, 4.69) is 10.1 Å². The summed E-state index contributed by atoms with van der Waals surface area (Å²) in [7, 11) is 0. The topological polar surface area (TPSA) is 77.5 Å². The highest BCUT2D eigenvalue weighted by atomic mass is 19.3. The van der Waals surface area contributed by atoms with Crippen LogP contribution in [0.1, 0.15) is 5.76 Å². The molecule has 0 bridgehead atoms. The summed E-state index contributed by atoms with van der Waals surface area (Å²) >= 11 is 0. The first-order valence-electron chi connectivity index (χ1n) is 5.67. The van der Waals surface area contributed by atoms with Crippen LogP contribution in [0.25, 0.3) is 0 Å². The third-order valence-corrected chi connectivity index (χ3v) is 2.44. The number of nitrogens with zero attached hydrogens (tertiary/aromatic N) is 1. The van der Waals surface area contributed by atoms with E-state index in [4.69, 9.17) is 4.42 Å². The van der Waals surface area contributed by atoms with Crippen LogP contribution < -0.4 is 10.1 Å². The van der Waals surface area contributed by atoms with Crippen LogP contribution in [0.5, 0.6) is 5.75 Å². The van der Waals surface area contributed by atoms with Crippen molar-refractivity contribution in [1.29, 1.82) is 0 Å². The molecule has 0 unspecified atom stereocenters. The van der Waals surface area contributed by atoms with Crippen LogP contribution in [-0.2, 0) is 6.54 Å². The Kier molecular flexibility index (Phi) is 4.31. The van der Waals surface area contributed by atoms with Gasteiger partial charge in [-0.25, -0.2) is 4.39 Å². The van der Waals surface area contributed by atoms with E-state index >= 15 is 0 Å². The van der Waals surface area contributed by atoms with Crippen molar-refractivity contribution in [1.82, 2.24) is 0 Å². The number of ether oxygens (including phenoxy) is 1. The summed E-state index contributed by atoms with van der Waals surface area (Å²) in [4.78, 5) is 9.74. The van der Waals surface area contributed by atoms with Gasteiger partial charge in [0.15, 0.2) is 11.6 Å². The number of furan rings is 1. The average molecular weight is 302 g/mol. The number of halogens is 3. The summed E-state index contributed by atoms with van der Waals surface area (Å²) in [6.45, 7) is -3.04. The van der Waals surface area contributed by atoms with Crippen LogP contribution >= 0.6 is 0 Å². The Morgan fingerprint density at radius 3 is 2.67 bits per heavy atom. The Labute approximate surface area is 116 Å². The summed E-state index contributed by atoms with van der Waals surface area (Å²) in [6.07, 6.45) is 0. The number of nitrogens with one attached hydrogen (secondary N) is 1. The smallest absolute Gasteiger partial charge is 0.432 e. The van der Waals surface area contributed by atoms with E-state index < -0.39 is 29.0 Å². The summed E-state index contributed by atoms with van der Waals surface area (Å²) < 4.78 is 46.2. The number of benzene rings is 1. The molecule has 2 rings (SSSR count). The Balaban J connectivity index is 1.99. The molecule has 0 atom stereocenters. The third-order valence-electron chi connectivity index (χ3n) is 2.44. The highest BCUT2D eigenvalue weighted by Gasteiger charge is 2.13. The molecule has 0 spiro atoms.